The van der Waals surface area contributed by atoms with Crippen LogP contribution >= 0.6 is 11.6 Å². The Morgan fingerprint density at radius 2 is 2.26 bits per heavy atom. The van der Waals surface area contributed by atoms with Crippen molar-refractivity contribution in [3.63, 3.8) is 0 Å². The number of carbonyl (C=O) groups excluding carboxylic acids is 1. The van der Waals surface area contributed by atoms with E-state index in [1.165, 1.54) is 0 Å². The number of nitrogens with zero attached hydrogens (tertiary/aromatic N) is 1. The summed E-state index contributed by atoms with van der Waals surface area (Å²) >= 11 is 6.23. The molecule has 126 valence electrons. The Labute approximate surface area is 141 Å². The molecule has 0 unspecified atom stereocenters. The molecular formula is C17H22ClNO4. The molecule has 0 bridgehead atoms. The summed E-state index contributed by atoms with van der Waals surface area (Å²) in [5.41, 5.74) is 0.478. The predicted molar refractivity (Wildman–Crippen MR) is 87.2 cm³/mol. The van der Waals surface area contributed by atoms with Crippen LogP contribution in [0.2, 0.25) is 5.02 Å². The maximum absolute atomic E-state index is 13.0. The Morgan fingerprint density at radius 1 is 1.43 bits per heavy atom. The van der Waals surface area contributed by atoms with Gasteiger partial charge >= 0.3 is 0 Å². The third-order valence-electron chi connectivity index (χ3n) is 4.58. The summed E-state index contributed by atoms with van der Waals surface area (Å²) in [6, 6.07) is 5.20. The van der Waals surface area contributed by atoms with Crippen LogP contribution < -0.4 is 4.74 Å². The maximum atomic E-state index is 13.0. The Balaban J connectivity index is 1.82. The molecule has 1 aromatic rings. The van der Waals surface area contributed by atoms with Crippen molar-refractivity contribution in [3.8, 4) is 5.75 Å². The van der Waals surface area contributed by atoms with Gasteiger partial charge < -0.3 is 19.1 Å². The molecule has 0 aromatic heterocycles. The zero-order valence-corrected chi connectivity index (χ0v) is 14.2. The second kappa shape index (κ2) is 7.07. The first-order valence-electron chi connectivity index (χ1n) is 8.03. The van der Waals surface area contributed by atoms with Crippen LogP contribution in [0.1, 0.15) is 30.1 Å². The Hall–Kier alpha value is -1.30. The van der Waals surface area contributed by atoms with E-state index in [0.717, 1.165) is 12.8 Å². The molecule has 3 atom stereocenters. The van der Waals surface area contributed by atoms with Gasteiger partial charge in [-0.05, 0) is 38.0 Å². The third kappa shape index (κ3) is 3.18. The molecule has 23 heavy (non-hydrogen) atoms. The van der Waals surface area contributed by atoms with Crippen molar-refractivity contribution in [3.05, 3.63) is 28.8 Å². The average molecular weight is 340 g/mol. The highest BCUT2D eigenvalue weighted by Crippen LogP contribution is 2.34. The Kier molecular flexibility index (Phi) is 5.09. The molecule has 5 nitrogen and oxygen atoms in total. The minimum Gasteiger partial charge on any atom is -0.497 e. The van der Waals surface area contributed by atoms with Crippen LogP contribution in [-0.2, 0) is 9.47 Å². The van der Waals surface area contributed by atoms with Gasteiger partial charge in [0.2, 0.25) is 0 Å². The zero-order valence-electron chi connectivity index (χ0n) is 13.5. The van der Waals surface area contributed by atoms with E-state index in [4.69, 9.17) is 25.8 Å². The lowest BCUT2D eigenvalue weighted by Crippen LogP contribution is -2.53. The lowest BCUT2D eigenvalue weighted by molar-refractivity contribution is -0.102. The number of morpholine rings is 1. The zero-order chi connectivity index (χ0) is 16.4. The Bertz CT molecular complexity index is 580. The number of ether oxygens (including phenoxy) is 3. The van der Waals surface area contributed by atoms with Crippen LogP contribution in [0, 0.1) is 0 Å². The van der Waals surface area contributed by atoms with Crippen molar-refractivity contribution in [2.45, 2.75) is 38.0 Å². The van der Waals surface area contributed by atoms with Gasteiger partial charge in [0, 0.05) is 13.2 Å². The molecule has 1 aliphatic heterocycles. The van der Waals surface area contributed by atoms with Crippen LogP contribution in [0.5, 0.6) is 5.75 Å². The van der Waals surface area contributed by atoms with Crippen molar-refractivity contribution >= 4 is 17.5 Å². The number of benzene rings is 1. The SMILES string of the molecule is CCO[C@@H]1CC[C@@H]2[C@H]1OCCN2C(=O)c1cc(OC)ccc1Cl. The highest BCUT2D eigenvalue weighted by Gasteiger charge is 2.45. The van der Waals surface area contributed by atoms with Crippen molar-refractivity contribution in [1.82, 2.24) is 4.90 Å². The van der Waals surface area contributed by atoms with Gasteiger partial charge in [-0.1, -0.05) is 11.6 Å². The molecule has 3 rings (SSSR count). The summed E-state index contributed by atoms with van der Waals surface area (Å²) in [7, 11) is 1.58. The highest BCUT2D eigenvalue weighted by atomic mass is 35.5. The molecule has 2 aliphatic rings. The second-order valence-electron chi connectivity index (χ2n) is 5.82. The normalized spacial score (nSPS) is 26.9. The molecular weight excluding hydrogens is 318 g/mol. The van der Waals surface area contributed by atoms with Gasteiger partial charge in [0.05, 0.1) is 36.4 Å². The highest BCUT2D eigenvalue weighted by molar-refractivity contribution is 6.33. The van der Waals surface area contributed by atoms with Gasteiger partial charge in [0.1, 0.15) is 11.9 Å². The third-order valence-corrected chi connectivity index (χ3v) is 4.91. The molecule has 6 heteroatoms. The standard InChI is InChI=1S/C17H22ClNO4/c1-3-22-15-7-6-14-16(15)23-9-8-19(14)17(20)12-10-11(21-2)4-5-13(12)18/h4-5,10,14-16H,3,6-9H2,1-2H3/t14-,15-,16-/m1/s1. The molecule has 0 N–H and O–H groups in total. The minimum absolute atomic E-state index is 0.0444. The van der Waals surface area contributed by atoms with E-state index in [1.54, 1.807) is 25.3 Å². The minimum atomic E-state index is -0.0654. The molecule has 0 spiro atoms. The first-order chi connectivity index (χ1) is 11.2. The molecule has 1 saturated heterocycles. The first-order valence-corrected chi connectivity index (χ1v) is 8.41. The fraction of sp³-hybridized carbons (Fsp3) is 0.588. The molecule has 1 aliphatic carbocycles. The van der Waals surface area contributed by atoms with Crippen LogP contribution in [0.3, 0.4) is 0 Å². The number of carbonyl (C=O) groups is 1. The van der Waals surface area contributed by atoms with Crippen LogP contribution in [0.25, 0.3) is 0 Å². The van der Waals surface area contributed by atoms with Gasteiger partial charge in [-0.3, -0.25) is 4.79 Å². The van der Waals surface area contributed by atoms with Crippen molar-refractivity contribution in [1.29, 1.82) is 0 Å². The van der Waals surface area contributed by atoms with E-state index in [9.17, 15) is 4.79 Å². The fourth-order valence-corrected chi connectivity index (χ4v) is 3.71. The maximum Gasteiger partial charge on any atom is 0.255 e. The smallest absolute Gasteiger partial charge is 0.255 e. The van der Waals surface area contributed by atoms with E-state index in [1.807, 2.05) is 11.8 Å². The summed E-state index contributed by atoms with van der Waals surface area (Å²) in [5, 5.41) is 0.443. The quantitative estimate of drug-likeness (QED) is 0.846. The summed E-state index contributed by atoms with van der Waals surface area (Å²) in [4.78, 5) is 14.9. The predicted octanol–water partition coefficient (Wildman–Crippen LogP) is 2.76. The number of hydrogen-bond donors (Lipinski definition) is 0. The molecule has 1 saturated carbocycles. The topological polar surface area (TPSA) is 48.0 Å². The number of hydrogen-bond acceptors (Lipinski definition) is 4. The van der Waals surface area contributed by atoms with Crippen molar-refractivity contribution < 1.29 is 19.0 Å². The van der Waals surface area contributed by atoms with E-state index in [0.29, 0.717) is 36.1 Å². The number of fused-ring (bicyclic) bond motifs is 1. The summed E-state index contributed by atoms with van der Waals surface area (Å²) < 4.78 is 16.8. The summed E-state index contributed by atoms with van der Waals surface area (Å²) in [6.07, 6.45) is 1.83. The number of rotatable bonds is 4. The van der Waals surface area contributed by atoms with E-state index in [-0.39, 0.29) is 24.2 Å². The summed E-state index contributed by atoms with van der Waals surface area (Å²) in [6.45, 7) is 3.74. The van der Waals surface area contributed by atoms with E-state index < -0.39 is 0 Å². The van der Waals surface area contributed by atoms with Gasteiger partial charge in [0.25, 0.3) is 5.91 Å². The van der Waals surface area contributed by atoms with E-state index >= 15 is 0 Å². The van der Waals surface area contributed by atoms with Crippen molar-refractivity contribution in [2.24, 2.45) is 0 Å². The number of amides is 1. The van der Waals surface area contributed by atoms with E-state index in [2.05, 4.69) is 0 Å². The molecule has 1 amide bonds. The fourth-order valence-electron chi connectivity index (χ4n) is 3.51. The van der Waals surface area contributed by atoms with Crippen LogP contribution in [0.4, 0.5) is 0 Å². The lowest BCUT2D eigenvalue weighted by Gasteiger charge is -2.39. The van der Waals surface area contributed by atoms with Gasteiger partial charge in [-0.2, -0.15) is 0 Å². The summed E-state index contributed by atoms with van der Waals surface area (Å²) in [5.74, 6) is 0.561. The Morgan fingerprint density at radius 3 is 3.00 bits per heavy atom. The first kappa shape index (κ1) is 16.6. The lowest BCUT2D eigenvalue weighted by atomic mass is 10.1. The van der Waals surface area contributed by atoms with Gasteiger partial charge in [-0.15, -0.1) is 0 Å². The van der Waals surface area contributed by atoms with Crippen LogP contribution in [0.15, 0.2) is 18.2 Å². The number of halogens is 1. The van der Waals surface area contributed by atoms with Gasteiger partial charge in [-0.25, -0.2) is 0 Å². The molecule has 1 aromatic carbocycles. The van der Waals surface area contributed by atoms with Crippen molar-refractivity contribution in [2.75, 3.05) is 26.9 Å². The second-order valence-corrected chi connectivity index (χ2v) is 6.23. The molecule has 0 radical (unpaired) electrons. The molecule has 1 heterocycles. The van der Waals surface area contributed by atoms with Gasteiger partial charge in [0.15, 0.2) is 0 Å². The number of methoxy groups -OCH3 is 1. The largest absolute Gasteiger partial charge is 0.497 e. The monoisotopic (exact) mass is 339 g/mol. The molecule has 2 fully saturated rings. The average Bonchev–Trinajstić information content (AvgIpc) is 2.98. The van der Waals surface area contributed by atoms with Crippen LogP contribution in [-0.4, -0.2) is 55.9 Å².